The number of likely N-dealkylation sites (tertiary alicyclic amines) is 1. The number of carbonyl (C=O) groups is 2. The molecule has 6 nitrogen and oxygen atoms in total. The van der Waals surface area contributed by atoms with Crippen LogP contribution in [0.3, 0.4) is 0 Å². The molecule has 1 N–H and O–H groups in total. The van der Waals surface area contributed by atoms with Crippen LogP contribution in [-0.2, 0) is 16.1 Å². The fourth-order valence-corrected chi connectivity index (χ4v) is 2.15. The monoisotopic (exact) mass is 251 g/mol. The van der Waals surface area contributed by atoms with Crippen LogP contribution in [0.1, 0.15) is 19.8 Å². The normalized spacial score (nSPS) is 23.3. The molecular formula is C12H17N3O3. The average molecular weight is 251 g/mol. The number of rotatable bonds is 4. The molecule has 1 aromatic heterocycles. The average Bonchev–Trinajstić information content (AvgIpc) is 2.95. The van der Waals surface area contributed by atoms with E-state index in [2.05, 4.69) is 5.10 Å². The third-order valence-electron chi connectivity index (χ3n) is 3.46. The summed E-state index contributed by atoms with van der Waals surface area (Å²) < 4.78 is 1.70. The van der Waals surface area contributed by atoms with Gasteiger partial charge in [-0.15, -0.1) is 0 Å². The molecule has 6 heteroatoms. The largest absolute Gasteiger partial charge is 0.481 e. The predicted octanol–water partition coefficient (Wildman–Crippen LogP) is 0.596. The van der Waals surface area contributed by atoms with E-state index in [1.165, 1.54) is 0 Å². The van der Waals surface area contributed by atoms with Gasteiger partial charge in [0, 0.05) is 38.4 Å². The quantitative estimate of drug-likeness (QED) is 0.850. The standard InChI is InChI=1S/C12H17N3O3/c1-12(11(17)18)4-8-14(9-12)10(16)3-7-15-6-2-5-13-15/h2,5-6H,3-4,7-9H2,1H3,(H,17,18). The molecule has 0 saturated carbocycles. The Balaban J connectivity index is 1.86. The van der Waals surface area contributed by atoms with Crippen molar-refractivity contribution >= 4 is 11.9 Å². The Bertz CT molecular complexity index is 443. The molecule has 0 radical (unpaired) electrons. The van der Waals surface area contributed by atoms with Gasteiger partial charge in [-0.25, -0.2) is 0 Å². The van der Waals surface area contributed by atoms with Gasteiger partial charge in [0.2, 0.25) is 5.91 Å². The SMILES string of the molecule is CC1(C(=O)O)CCN(C(=O)CCn2cccn2)C1. The number of nitrogens with zero attached hydrogens (tertiary/aromatic N) is 3. The van der Waals surface area contributed by atoms with Crippen LogP contribution >= 0.6 is 0 Å². The zero-order chi connectivity index (χ0) is 13.2. The van der Waals surface area contributed by atoms with Crippen molar-refractivity contribution in [1.82, 2.24) is 14.7 Å². The summed E-state index contributed by atoms with van der Waals surface area (Å²) in [5, 5.41) is 13.1. The lowest BCUT2D eigenvalue weighted by atomic mass is 9.90. The molecule has 98 valence electrons. The van der Waals surface area contributed by atoms with E-state index in [-0.39, 0.29) is 5.91 Å². The first kappa shape index (κ1) is 12.6. The van der Waals surface area contributed by atoms with Gasteiger partial charge in [0.05, 0.1) is 5.41 Å². The van der Waals surface area contributed by atoms with Gasteiger partial charge in [-0.2, -0.15) is 5.10 Å². The number of amides is 1. The molecule has 1 amide bonds. The molecule has 1 aliphatic rings. The minimum Gasteiger partial charge on any atom is -0.481 e. The highest BCUT2D eigenvalue weighted by molar-refractivity contribution is 5.80. The van der Waals surface area contributed by atoms with Crippen molar-refractivity contribution in [1.29, 1.82) is 0 Å². The summed E-state index contributed by atoms with van der Waals surface area (Å²) in [6.45, 7) is 3.06. The smallest absolute Gasteiger partial charge is 0.311 e. The second-order valence-electron chi connectivity index (χ2n) is 4.95. The summed E-state index contributed by atoms with van der Waals surface area (Å²) in [6, 6.07) is 1.81. The van der Waals surface area contributed by atoms with Crippen LogP contribution in [0.2, 0.25) is 0 Å². The van der Waals surface area contributed by atoms with Crippen molar-refractivity contribution in [3.63, 3.8) is 0 Å². The van der Waals surface area contributed by atoms with E-state index in [9.17, 15) is 9.59 Å². The van der Waals surface area contributed by atoms with Crippen molar-refractivity contribution < 1.29 is 14.7 Å². The first-order valence-corrected chi connectivity index (χ1v) is 6.00. The number of carboxylic acids is 1. The van der Waals surface area contributed by atoms with E-state index in [4.69, 9.17) is 5.11 Å². The first-order valence-electron chi connectivity index (χ1n) is 6.00. The Morgan fingerprint density at radius 2 is 2.28 bits per heavy atom. The number of aryl methyl sites for hydroxylation is 1. The highest BCUT2D eigenvalue weighted by atomic mass is 16.4. The number of aliphatic carboxylic acids is 1. The van der Waals surface area contributed by atoms with Crippen molar-refractivity contribution in [3.8, 4) is 0 Å². The summed E-state index contributed by atoms with van der Waals surface area (Å²) in [7, 11) is 0. The van der Waals surface area contributed by atoms with Gasteiger partial charge in [0.1, 0.15) is 0 Å². The molecule has 1 aliphatic heterocycles. The predicted molar refractivity (Wildman–Crippen MR) is 63.8 cm³/mol. The summed E-state index contributed by atoms with van der Waals surface area (Å²) >= 11 is 0. The van der Waals surface area contributed by atoms with Crippen LogP contribution in [0.25, 0.3) is 0 Å². The highest BCUT2D eigenvalue weighted by Gasteiger charge is 2.41. The summed E-state index contributed by atoms with van der Waals surface area (Å²) in [6.07, 6.45) is 4.35. The van der Waals surface area contributed by atoms with Gasteiger partial charge in [0.25, 0.3) is 0 Å². The van der Waals surface area contributed by atoms with E-state index >= 15 is 0 Å². The van der Waals surface area contributed by atoms with Gasteiger partial charge < -0.3 is 10.0 Å². The Hall–Kier alpha value is -1.85. The third-order valence-corrected chi connectivity index (χ3v) is 3.46. The van der Waals surface area contributed by atoms with Crippen molar-refractivity contribution in [2.75, 3.05) is 13.1 Å². The topological polar surface area (TPSA) is 75.4 Å². The van der Waals surface area contributed by atoms with Crippen molar-refractivity contribution in [2.24, 2.45) is 5.41 Å². The molecule has 1 unspecified atom stereocenters. The Morgan fingerprint density at radius 1 is 1.50 bits per heavy atom. The van der Waals surface area contributed by atoms with Gasteiger partial charge in [-0.1, -0.05) is 0 Å². The lowest BCUT2D eigenvalue weighted by Gasteiger charge is -2.20. The second-order valence-corrected chi connectivity index (χ2v) is 4.95. The van der Waals surface area contributed by atoms with E-state index in [0.717, 1.165) is 0 Å². The van der Waals surface area contributed by atoms with Gasteiger partial charge in [0.15, 0.2) is 0 Å². The molecule has 0 aliphatic carbocycles. The molecule has 0 aromatic carbocycles. The maximum atomic E-state index is 11.9. The maximum Gasteiger partial charge on any atom is 0.311 e. The molecule has 1 saturated heterocycles. The summed E-state index contributed by atoms with van der Waals surface area (Å²) in [5.41, 5.74) is -0.790. The molecule has 2 rings (SSSR count). The summed E-state index contributed by atoms with van der Waals surface area (Å²) in [4.78, 5) is 24.7. The van der Waals surface area contributed by atoms with Gasteiger partial charge >= 0.3 is 5.97 Å². The Labute approximate surface area is 105 Å². The number of hydrogen-bond donors (Lipinski definition) is 1. The van der Waals surface area contributed by atoms with Crippen LogP contribution < -0.4 is 0 Å². The molecule has 1 atom stereocenters. The zero-order valence-corrected chi connectivity index (χ0v) is 10.4. The van der Waals surface area contributed by atoms with Crippen molar-refractivity contribution in [2.45, 2.75) is 26.3 Å². The Morgan fingerprint density at radius 3 is 2.83 bits per heavy atom. The van der Waals surface area contributed by atoms with Crippen LogP contribution in [-0.4, -0.2) is 44.8 Å². The minimum absolute atomic E-state index is 0.00419. The summed E-state index contributed by atoms with van der Waals surface area (Å²) in [5.74, 6) is -0.833. The van der Waals surface area contributed by atoms with Gasteiger partial charge in [-0.05, 0) is 19.4 Å². The molecule has 1 aromatic rings. The van der Waals surface area contributed by atoms with E-state index < -0.39 is 11.4 Å². The van der Waals surface area contributed by atoms with E-state index in [1.54, 1.807) is 28.9 Å². The fraction of sp³-hybridized carbons (Fsp3) is 0.583. The fourth-order valence-electron chi connectivity index (χ4n) is 2.15. The van der Waals surface area contributed by atoms with Crippen LogP contribution in [0.5, 0.6) is 0 Å². The molecule has 2 heterocycles. The van der Waals surface area contributed by atoms with Crippen LogP contribution in [0.4, 0.5) is 0 Å². The zero-order valence-electron chi connectivity index (χ0n) is 10.4. The third kappa shape index (κ3) is 2.52. The second kappa shape index (κ2) is 4.80. The lowest BCUT2D eigenvalue weighted by Crippen LogP contribution is -2.35. The number of carbonyl (C=O) groups excluding carboxylic acids is 1. The van der Waals surface area contributed by atoms with Crippen LogP contribution in [0.15, 0.2) is 18.5 Å². The first-order chi connectivity index (χ1) is 8.51. The number of aromatic nitrogens is 2. The highest BCUT2D eigenvalue weighted by Crippen LogP contribution is 2.30. The molecule has 1 fully saturated rings. The molecular weight excluding hydrogens is 234 g/mol. The number of carboxylic acid groups (broad SMARTS) is 1. The minimum atomic E-state index is -0.829. The van der Waals surface area contributed by atoms with Gasteiger partial charge in [-0.3, -0.25) is 14.3 Å². The molecule has 0 bridgehead atoms. The maximum absolute atomic E-state index is 11.9. The van der Waals surface area contributed by atoms with Crippen molar-refractivity contribution in [3.05, 3.63) is 18.5 Å². The Kier molecular flexibility index (Phi) is 3.36. The molecule has 18 heavy (non-hydrogen) atoms. The van der Waals surface area contributed by atoms with E-state index in [1.807, 2.05) is 6.07 Å². The number of hydrogen-bond acceptors (Lipinski definition) is 3. The molecule has 0 spiro atoms. The van der Waals surface area contributed by atoms with E-state index in [0.29, 0.717) is 32.5 Å². The van der Waals surface area contributed by atoms with Crippen LogP contribution in [0, 0.1) is 5.41 Å². The lowest BCUT2D eigenvalue weighted by molar-refractivity contribution is -0.147.